The van der Waals surface area contributed by atoms with Gasteiger partial charge in [0.15, 0.2) is 5.16 Å². The second-order valence-corrected chi connectivity index (χ2v) is 4.67. The summed E-state index contributed by atoms with van der Waals surface area (Å²) in [5.74, 6) is 0.854. The largest absolute Gasteiger partial charge is 0.378 e. The van der Waals surface area contributed by atoms with E-state index in [2.05, 4.69) is 21.4 Å². The first-order chi connectivity index (χ1) is 8.26. The van der Waals surface area contributed by atoms with E-state index in [9.17, 15) is 0 Å². The molecule has 0 spiro atoms. The molecule has 1 aliphatic heterocycles. The Morgan fingerprint density at radius 2 is 2.12 bits per heavy atom. The summed E-state index contributed by atoms with van der Waals surface area (Å²) < 4.78 is 5.33. The molecule has 1 aliphatic rings. The maximum Gasteiger partial charge on any atom is 0.190 e. The molecule has 0 unspecified atom stereocenters. The molecule has 0 aromatic carbocycles. The highest BCUT2D eigenvalue weighted by Gasteiger charge is 2.18. The highest BCUT2D eigenvalue weighted by molar-refractivity contribution is 7.98. The van der Waals surface area contributed by atoms with Crippen molar-refractivity contribution in [3.05, 3.63) is 17.3 Å². The summed E-state index contributed by atoms with van der Waals surface area (Å²) in [5.41, 5.74) is 0.798. The van der Waals surface area contributed by atoms with E-state index in [1.807, 2.05) is 6.26 Å². The second kappa shape index (κ2) is 5.71. The Bertz CT molecular complexity index is 421. The van der Waals surface area contributed by atoms with Gasteiger partial charge in [0.25, 0.3) is 0 Å². The highest BCUT2D eigenvalue weighted by Crippen LogP contribution is 2.28. The zero-order chi connectivity index (χ0) is 12.3. The predicted molar refractivity (Wildman–Crippen MR) is 71.9 cm³/mol. The van der Waals surface area contributed by atoms with Crippen LogP contribution < -0.4 is 4.90 Å². The summed E-state index contributed by atoms with van der Waals surface area (Å²) in [6.45, 7) is 6.85. The van der Waals surface area contributed by atoms with Crippen molar-refractivity contribution in [3.63, 3.8) is 0 Å². The molecule has 92 valence electrons. The zero-order valence-corrected chi connectivity index (χ0v) is 11.2. The Morgan fingerprint density at radius 1 is 1.41 bits per heavy atom. The zero-order valence-electron chi connectivity index (χ0n) is 9.65. The molecule has 0 atom stereocenters. The van der Waals surface area contributed by atoms with Gasteiger partial charge >= 0.3 is 0 Å². The molecule has 0 aliphatic carbocycles. The highest BCUT2D eigenvalue weighted by atomic mass is 35.5. The number of anilines is 1. The van der Waals surface area contributed by atoms with Crippen LogP contribution in [0.4, 0.5) is 5.82 Å². The van der Waals surface area contributed by atoms with Crippen LogP contribution in [-0.2, 0) is 4.74 Å². The lowest BCUT2D eigenvalue weighted by Crippen LogP contribution is -2.37. The van der Waals surface area contributed by atoms with Crippen LogP contribution in [0.3, 0.4) is 0 Å². The quantitative estimate of drug-likeness (QED) is 0.479. The summed E-state index contributed by atoms with van der Waals surface area (Å²) >= 11 is 7.62. The average molecular weight is 272 g/mol. The number of halogens is 1. The normalized spacial score (nSPS) is 16.0. The van der Waals surface area contributed by atoms with Crippen LogP contribution in [-0.4, -0.2) is 42.5 Å². The van der Waals surface area contributed by atoms with Gasteiger partial charge in [0, 0.05) is 13.1 Å². The number of rotatable bonds is 3. The molecule has 1 aromatic heterocycles. The minimum atomic E-state index is 0.459. The first kappa shape index (κ1) is 12.7. The number of aromatic nitrogens is 2. The summed E-state index contributed by atoms with van der Waals surface area (Å²) in [6, 6.07) is 0. The van der Waals surface area contributed by atoms with Gasteiger partial charge in [-0.3, -0.25) is 0 Å². The molecule has 2 heterocycles. The number of hydrogen-bond donors (Lipinski definition) is 0. The average Bonchev–Trinajstić information content (AvgIpc) is 2.38. The SMILES string of the molecule is C=Cc1c(Cl)nc(SC)nc1N1CCOCC1. The third-order valence-corrected chi connectivity index (χ3v) is 3.39. The summed E-state index contributed by atoms with van der Waals surface area (Å²) in [7, 11) is 0. The third-order valence-electron chi connectivity index (χ3n) is 2.56. The fraction of sp³-hybridized carbons (Fsp3) is 0.455. The maximum atomic E-state index is 6.14. The van der Waals surface area contributed by atoms with Gasteiger partial charge in [-0.05, 0) is 6.26 Å². The summed E-state index contributed by atoms with van der Waals surface area (Å²) in [5, 5.41) is 1.14. The van der Waals surface area contributed by atoms with Crippen molar-refractivity contribution in [3.8, 4) is 0 Å². The van der Waals surface area contributed by atoms with Gasteiger partial charge in [-0.15, -0.1) is 0 Å². The smallest absolute Gasteiger partial charge is 0.190 e. The lowest BCUT2D eigenvalue weighted by atomic mass is 10.2. The van der Waals surface area contributed by atoms with Crippen molar-refractivity contribution in [2.24, 2.45) is 0 Å². The van der Waals surface area contributed by atoms with E-state index < -0.39 is 0 Å². The maximum absolute atomic E-state index is 6.14. The van der Waals surface area contributed by atoms with E-state index in [1.54, 1.807) is 6.08 Å². The first-order valence-corrected chi connectivity index (χ1v) is 6.93. The number of thioether (sulfide) groups is 1. The standard InChI is InChI=1S/C11H14ClN3OS/c1-3-8-9(12)13-11(17-2)14-10(8)15-4-6-16-7-5-15/h3H,1,4-7H2,2H3. The molecule has 1 aromatic rings. The van der Waals surface area contributed by atoms with E-state index in [0.717, 1.165) is 24.5 Å². The molecule has 0 bridgehead atoms. The van der Waals surface area contributed by atoms with E-state index in [0.29, 0.717) is 23.5 Å². The molecule has 1 fully saturated rings. The predicted octanol–water partition coefficient (Wildman–Crippen LogP) is 2.33. The van der Waals surface area contributed by atoms with Crippen molar-refractivity contribution in [1.29, 1.82) is 0 Å². The fourth-order valence-electron chi connectivity index (χ4n) is 1.70. The molecule has 4 nitrogen and oxygen atoms in total. The van der Waals surface area contributed by atoms with Crippen LogP contribution in [0.25, 0.3) is 6.08 Å². The number of ether oxygens (including phenoxy) is 1. The van der Waals surface area contributed by atoms with Crippen LogP contribution in [0.5, 0.6) is 0 Å². The number of hydrogen-bond acceptors (Lipinski definition) is 5. The minimum Gasteiger partial charge on any atom is -0.378 e. The molecular formula is C11H14ClN3OS. The van der Waals surface area contributed by atoms with Gasteiger partial charge in [0.05, 0.1) is 18.8 Å². The van der Waals surface area contributed by atoms with Crippen molar-refractivity contribution in [2.45, 2.75) is 5.16 Å². The Labute approximate surface area is 110 Å². The van der Waals surface area contributed by atoms with E-state index in [4.69, 9.17) is 16.3 Å². The van der Waals surface area contributed by atoms with Gasteiger partial charge in [-0.1, -0.05) is 36.0 Å². The van der Waals surface area contributed by atoms with Crippen molar-refractivity contribution >= 4 is 35.3 Å². The summed E-state index contributed by atoms with van der Waals surface area (Å²) in [4.78, 5) is 10.9. The first-order valence-electron chi connectivity index (χ1n) is 5.33. The molecule has 2 rings (SSSR count). The Morgan fingerprint density at radius 3 is 2.71 bits per heavy atom. The molecule has 0 saturated carbocycles. The van der Waals surface area contributed by atoms with Crippen molar-refractivity contribution < 1.29 is 4.74 Å². The van der Waals surface area contributed by atoms with Crippen LogP contribution in [0.2, 0.25) is 5.15 Å². The fourth-order valence-corrected chi connectivity index (χ4v) is 2.35. The molecule has 17 heavy (non-hydrogen) atoms. The second-order valence-electron chi connectivity index (χ2n) is 3.54. The Hall–Kier alpha value is -0.780. The van der Waals surface area contributed by atoms with Gasteiger partial charge < -0.3 is 9.64 Å². The monoisotopic (exact) mass is 271 g/mol. The molecule has 6 heteroatoms. The van der Waals surface area contributed by atoms with Gasteiger partial charge in [0.1, 0.15) is 11.0 Å². The molecular weight excluding hydrogens is 258 g/mol. The van der Waals surface area contributed by atoms with Crippen LogP contribution in [0.15, 0.2) is 11.7 Å². The van der Waals surface area contributed by atoms with Crippen molar-refractivity contribution in [2.75, 3.05) is 37.5 Å². The van der Waals surface area contributed by atoms with E-state index in [-0.39, 0.29) is 0 Å². The van der Waals surface area contributed by atoms with Crippen LogP contribution in [0.1, 0.15) is 5.56 Å². The number of morpholine rings is 1. The molecule has 1 saturated heterocycles. The van der Waals surface area contributed by atoms with Crippen molar-refractivity contribution in [1.82, 2.24) is 9.97 Å². The van der Waals surface area contributed by atoms with E-state index >= 15 is 0 Å². The Balaban J connectivity index is 2.41. The lowest BCUT2D eigenvalue weighted by Gasteiger charge is -2.29. The van der Waals surface area contributed by atoms with Crippen LogP contribution in [0, 0.1) is 0 Å². The lowest BCUT2D eigenvalue weighted by molar-refractivity contribution is 0.122. The topological polar surface area (TPSA) is 38.2 Å². The van der Waals surface area contributed by atoms with Crippen LogP contribution >= 0.6 is 23.4 Å². The molecule has 0 amide bonds. The van der Waals surface area contributed by atoms with Gasteiger partial charge in [-0.2, -0.15) is 0 Å². The third kappa shape index (κ3) is 2.73. The number of nitrogens with zero attached hydrogens (tertiary/aromatic N) is 3. The van der Waals surface area contributed by atoms with Gasteiger partial charge in [-0.25, -0.2) is 9.97 Å². The van der Waals surface area contributed by atoms with Gasteiger partial charge in [0.2, 0.25) is 0 Å². The molecule has 0 N–H and O–H groups in total. The van der Waals surface area contributed by atoms with E-state index in [1.165, 1.54) is 11.8 Å². The minimum absolute atomic E-state index is 0.459. The summed E-state index contributed by atoms with van der Waals surface area (Å²) in [6.07, 6.45) is 3.64. The Kier molecular flexibility index (Phi) is 4.25. The molecule has 0 radical (unpaired) electrons.